The lowest BCUT2D eigenvalue weighted by Crippen LogP contribution is -2.14. The smallest absolute Gasteiger partial charge is 0.260 e. The van der Waals surface area contributed by atoms with E-state index in [2.05, 4.69) is 20.3 Å². The Balaban J connectivity index is 2.21. The molecule has 1 aromatic carbocycles. The Morgan fingerprint density at radius 2 is 2.33 bits per heavy atom. The summed E-state index contributed by atoms with van der Waals surface area (Å²) in [6, 6.07) is 6.41. The molecule has 0 saturated heterocycles. The van der Waals surface area contributed by atoms with Crippen LogP contribution >= 0.6 is 34.2 Å². The molecule has 1 heterocycles. The summed E-state index contributed by atoms with van der Waals surface area (Å²) >= 11 is 7.85. The summed E-state index contributed by atoms with van der Waals surface area (Å²) in [6.45, 7) is 1.92. The second-order valence-electron chi connectivity index (χ2n) is 3.98. The van der Waals surface area contributed by atoms with Crippen LogP contribution < -0.4 is 10.1 Å². The first-order valence-corrected chi connectivity index (χ1v) is 7.31. The van der Waals surface area contributed by atoms with Crippen molar-refractivity contribution >= 4 is 45.9 Å². The van der Waals surface area contributed by atoms with E-state index >= 15 is 0 Å². The normalized spacial score (nSPS) is 9.67. The van der Waals surface area contributed by atoms with E-state index in [1.54, 1.807) is 25.1 Å². The average Bonchev–Trinajstić information content (AvgIpc) is 2.86. The van der Waals surface area contributed by atoms with Gasteiger partial charge in [-0.2, -0.15) is 0 Å². The first kappa shape index (κ1) is 15.7. The third-order valence-corrected chi connectivity index (χ3v) is 3.04. The van der Waals surface area contributed by atoms with Crippen LogP contribution in [0.1, 0.15) is 16.1 Å². The summed E-state index contributed by atoms with van der Waals surface area (Å²) < 4.78 is 13.0. The van der Waals surface area contributed by atoms with Crippen LogP contribution in [0.25, 0.3) is 0 Å². The minimum Gasteiger partial charge on any atom is -0.480 e. The second kappa shape index (κ2) is 7.33. The molecule has 1 amide bonds. The number of amides is 1. The molecule has 7 heteroatoms. The fourth-order valence-electron chi connectivity index (χ4n) is 1.56. The molecular formula is C14H10ClIN2O3. The van der Waals surface area contributed by atoms with Gasteiger partial charge in [-0.05, 0) is 29.1 Å². The number of carbonyl (C=O) groups is 1. The lowest BCUT2D eigenvalue weighted by Gasteiger charge is -2.09. The van der Waals surface area contributed by atoms with E-state index in [4.69, 9.17) is 20.9 Å². The molecule has 0 atom stereocenters. The highest BCUT2D eigenvalue weighted by Crippen LogP contribution is 2.24. The summed E-state index contributed by atoms with van der Waals surface area (Å²) in [7, 11) is 0. The number of nitrogens with zero attached hydrogens (tertiary/aromatic N) is 1. The number of benzene rings is 1. The van der Waals surface area contributed by atoms with Gasteiger partial charge in [-0.3, -0.25) is 4.79 Å². The molecule has 0 unspecified atom stereocenters. The van der Waals surface area contributed by atoms with Crippen molar-refractivity contribution in [3.8, 4) is 15.6 Å². The van der Waals surface area contributed by atoms with Gasteiger partial charge in [0.1, 0.15) is 18.1 Å². The van der Waals surface area contributed by atoms with E-state index in [1.165, 1.54) is 6.07 Å². The van der Waals surface area contributed by atoms with E-state index in [1.807, 2.05) is 22.6 Å². The number of anilines is 1. The van der Waals surface area contributed by atoms with Crippen LogP contribution in [0.4, 0.5) is 5.82 Å². The topological polar surface area (TPSA) is 64.4 Å². The predicted octanol–water partition coefficient (Wildman–Crippen LogP) is 3.66. The molecule has 5 nitrogen and oxygen atoms in total. The highest BCUT2D eigenvalue weighted by molar-refractivity contribution is 14.1. The van der Waals surface area contributed by atoms with Gasteiger partial charge < -0.3 is 14.6 Å². The number of hydrogen-bond acceptors (Lipinski definition) is 4. The zero-order chi connectivity index (χ0) is 15.2. The van der Waals surface area contributed by atoms with Crippen LogP contribution in [-0.4, -0.2) is 17.7 Å². The standard InChI is InChI=1S/C14H10ClIN2O3/c1-9-7-13(18-21-9)17-14(19)11-8-10(15)3-4-12(11)20-6-2-5-16/h3-4,7-8H,6H2,1H3,(H,17,18,19). The van der Waals surface area contributed by atoms with Crippen LogP contribution in [0, 0.1) is 16.8 Å². The van der Waals surface area contributed by atoms with Crippen LogP contribution in [-0.2, 0) is 0 Å². The first-order chi connectivity index (χ1) is 10.1. The number of ether oxygens (including phenoxy) is 1. The van der Waals surface area contributed by atoms with Gasteiger partial charge in [-0.1, -0.05) is 22.7 Å². The number of hydrogen-bond donors (Lipinski definition) is 1. The second-order valence-corrected chi connectivity index (χ2v) is 4.95. The fraction of sp³-hybridized carbons (Fsp3) is 0.143. The predicted molar refractivity (Wildman–Crippen MR) is 87.9 cm³/mol. The van der Waals surface area contributed by atoms with Crippen LogP contribution in [0.5, 0.6) is 5.75 Å². The molecule has 0 aliphatic heterocycles. The maximum atomic E-state index is 12.3. The maximum absolute atomic E-state index is 12.3. The number of halogens is 2. The number of aromatic nitrogens is 1. The van der Waals surface area contributed by atoms with E-state index in [0.717, 1.165) is 0 Å². The average molecular weight is 417 g/mol. The van der Waals surface area contributed by atoms with Crippen LogP contribution in [0.3, 0.4) is 0 Å². The Kier molecular flexibility index (Phi) is 5.47. The van der Waals surface area contributed by atoms with Crippen molar-refractivity contribution in [1.29, 1.82) is 0 Å². The van der Waals surface area contributed by atoms with E-state index in [-0.39, 0.29) is 12.5 Å². The quantitative estimate of drug-likeness (QED) is 0.610. The zero-order valence-electron chi connectivity index (χ0n) is 10.9. The molecule has 1 aromatic heterocycles. The van der Waals surface area contributed by atoms with Gasteiger partial charge in [0.25, 0.3) is 5.91 Å². The Hall–Kier alpha value is -1.72. The summed E-state index contributed by atoms with van der Waals surface area (Å²) in [4.78, 5) is 12.3. The molecule has 108 valence electrons. The molecule has 0 radical (unpaired) electrons. The minimum atomic E-state index is -0.386. The zero-order valence-corrected chi connectivity index (χ0v) is 13.9. The summed E-state index contributed by atoms with van der Waals surface area (Å²) in [5.74, 6) is 3.70. The summed E-state index contributed by atoms with van der Waals surface area (Å²) in [5.41, 5.74) is 0.304. The largest absolute Gasteiger partial charge is 0.480 e. The van der Waals surface area contributed by atoms with Gasteiger partial charge in [0, 0.05) is 33.7 Å². The van der Waals surface area contributed by atoms with E-state index in [9.17, 15) is 4.79 Å². The molecule has 0 fully saturated rings. The highest BCUT2D eigenvalue weighted by Gasteiger charge is 2.15. The molecule has 0 aliphatic rings. The number of nitrogens with one attached hydrogen (secondary N) is 1. The van der Waals surface area contributed by atoms with Crippen molar-refractivity contribution in [1.82, 2.24) is 5.16 Å². The monoisotopic (exact) mass is 416 g/mol. The van der Waals surface area contributed by atoms with Crippen molar-refractivity contribution in [2.75, 3.05) is 11.9 Å². The molecular weight excluding hydrogens is 407 g/mol. The Bertz CT molecular complexity index is 718. The van der Waals surface area contributed by atoms with Crippen LogP contribution in [0.2, 0.25) is 5.02 Å². The maximum Gasteiger partial charge on any atom is 0.260 e. The molecule has 2 rings (SSSR count). The van der Waals surface area contributed by atoms with Crippen molar-refractivity contribution in [3.63, 3.8) is 0 Å². The van der Waals surface area contributed by atoms with Gasteiger partial charge in [0.15, 0.2) is 5.82 Å². The molecule has 2 aromatic rings. The van der Waals surface area contributed by atoms with Crippen molar-refractivity contribution in [2.45, 2.75) is 6.92 Å². The van der Waals surface area contributed by atoms with Gasteiger partial charge in [-0.15, -0.1) is 0 Å². The first-order valence-electron chi connectivity index (χ1n) is 5.85. The molecule has 0 aliphatic carbocycles. The molecule has 0 spiro atoms. The van der Waals surface area contributed by atoms with Crippen molar-refractivity contribution in [3.05, 3.63) is 40.6 Å². The van der Waals surface area contributed by atoms with Crippen LogP contribution in [0.15, 0.2) is 28.8 Å². The third kappa shape index (κ3) is 4.37. The molecule has 1 N–H and O–H groups in total. The third-order valence-electron chi connectivity index (χ3n) is 2.42. The van der Waals surface area contributed by atoms with Gasteiger partial charge >= 0.3 is 0 Å². The van der Waals surface area contributed by atoms with Gasteiger partial charge in [-0.25, -0.2) is 0 Å². The van der Waals surface area contributed by atoms with Crippen molar-refractivity contribution in [2.24, 2.45) is 0 Å². The Morgan fingerprint density at radius 3 is 3.00 bits per heavy atom. The Labute approximate surface area is 140 Å². The van der Waals surface area contributed by atoms with Crippen molar-refractivity contribution < 1.29 is 14.1 Å². The SMILES string of the molecule is Cc1cc(NC(=O)c2cc(Cl)ccc2OCC#CI)no1. The minimum absolute atomic E-state index is 0.188. The number of carbonyl (C=O) groups excluding carboxylic acids is 1. The summed E-state index contributed by atoms with van der Waals surface area (Å²) in [5, 5.41) is 6.76. The molecule has 0 bridgehead atoms. The van der Waals surface area contributed by atoms with E-state index in [0.29, 0.717) is 27.9 Å². The fourth-order valence-corrected chi connectivity index (χ4v) is 1.88. The summed E-state index contributed by atoms with van der Waals surface area (Å²) in [6.07, 6.45) is 0. The van der Waals surface area contributed by atoms with E-state index < -0.39 is 0 Å². The van der Waals surface area contributed by atoms with Gasteiger partial charge in [0.2, 0.25) is 0 Å². The molecule has 0 saturated carbocycles. The Morgan fingerprint density at radius 1 is 1.52 bits per heavy atom. The lowest BCUT2D eigenvalue weighted by molar-refractivity contribution is 0.102. The number of aryl methyl sites for hydroxylation is 1. The molecule has 21 heavy (non-hydrogen) atoms. The van der Waals surface area contributed by atoms with Gasteiger partial charge in [0.05, 0.1) is 5.56 Å². The highest BCUT2D eigenvalue weighted by atomic mass is 127. The number of rotatable bonds is 4. The lowest BCUT2D eigenvalue weighted by atomic mass is 10.2.